The molecule has 0 N–H and O–H groups in total. The molecule has 22 heavy (non-hydrogen) atoms. The molecule has 0 radical (unpaired) electrons. The fourth-order valence-electron chi connectivity index (χ4n) is 2.39. The van der Waals surface area contributed by atoms with Crippen molar-refractivity contribution in [2.24, 2.45) is 0 Å². The zero-order valence-electron chi connectivity index (χ0n) is 12.3. The lowest BCUT2D eigenvalue weighted by molar-refractivity contribution is 0.0592. The molecule has 118 valence electrons. The average Bonchev–Trinajstić information content (AvgIpc) is 3.16. The minimum absolute atomic E-state index is 0.0711. The van der Waals surface area contributed by atoms with Crippen molar-refractivity contribution in [2.45, 2.75) is 19.9 Å². The van der Waals surface area contributed by atoms with Gasteiger partial charge in [-0.25, -0.2) is 0 Å². The molecular formula is C14H17BrN4O3. The van der Waals surface area contributed by atoms with Crippen LogP contribution in [-0.4, -0.2) is 52.0 Å². The quantitative estimate of drug-likeness (QED) is 0.820. The molecule has 1 aliphatic heterocycles. The van der Waals surface area contributed by atoms with Gasteiger partial charge in [0, 0.05) is 32.6 Å². The smallest absolute Gasteiger partial charge is 0.289 e. The number of nitrogens with zero attached hydrogens (tertiary/aromatic N) is 4. The lowest BCUT2D eigenvalue weighted by Crippen LogP contribution is -2.48. The van der Waals surface area contributed by atoms with E-state index < -0.39 is 0 Å². The molecule has 3 heterocycles. The second-order valence-electron chi connectivity index (χ2n) is 5.13. The molecule has 1 aliphatic rings. The number of carbonyl (C=O) groups excluding carboxylic acids is 1. The maximum Gasteiger partial charge on any atom is 0.289 e. The summed E-state index contributed by atoms with van der Waals surface area (Å²) in [6, 6.07) is 3.41. The van der Waals surface area contributed by atoms with Gasteiger partial charge in [-0.3, -0.25) is 9.69 Å². The number of furan rings is 1. The number of carbonyl (C=O) groups is 1. The Morgan fingerprint density at radius 3 is 2.68 bits per heavy atom. The van der Waals surface area contributed by atoms with Crippen LogP contribution in [0.5, 0.6) is 0 Å². The van der Waals surface area contributed by atoms with E-state index in [4.69, 9.17) is 8.94 Å². The number of hydrogen-bond donors (Lipinski definition) is 0. The molecule has 2 aromatic heterocycles. The van der Waals surface area contributed by atoms with E-state index in [0.29, 0.717) is 41.8 Å². The van der Waals surface area contributed by atoms with Crippen molar-refractivity contribution in [3.05, 3.63) is 34.3 Å². The van der Waals surface area contributed by atoms with Gasteiger partial charge in [-0.05, 0) is 28.1 Å². The van der Waals surface area contributed by atoms with E-state index in [-0.39, 0.29) is 5.91 Å². The molecule has 1 amide bonds. The summed E-state index contributed by atoms with van der Waals surface area (Å²) >= 11 is 3.21. The fraction of sp³-hybridized carbons (Fsp3) is 0.500. The highest BCUT2D eigenvalue weighted by molar-refractivity contribution is 9.10. The van der Waals surface area contributed by atoms with Crippen molar-refractivity contribution in [1.82, 2.24) is 19.9 Å². The van der Waals surface area contributed by atoms with Gasteiger partial charge in [-0.15, -0.1) is 0 Å². The Morgan fingerprint density at radius 2 is 2.09 bits per heavy atom. The van der Waals surface area contributed by atoms with Crippen molar-refractivity contribution in [3.63, 3.8) is 0 Å². The second kappa shape index (κ2) is 6.62. The number of amides is 1. The van der Waals surface area contributed by atoms with Gasteiger partial charge in [0.1, 0.15) is 0 Å². The summed E-state index contributed by atoms with van der Waals surface area (Å²) in [5, 5.41) is 3.96. The summed E-state index contributed by atoms with van der Waals surface area (Å²) in [7, 11) is 0. The van der Waals surface area contributed by atoms with Crippen LogP contribution < -0.4 is 0 Å². The second-order valence-corrected chi connectivity index (χ2v) is 5.91. The molecule has 8 heteroatoms. The molecule has 2 aromatic rings. The number of halogens is 1. The van der Waals surface area contributed by atoms with Crippen molar-refractivity contribution >= 4 is 21.8 Å². The van der Waals surface area contributed by atoms with Crippen LogP contribution in [0.4, 0.5) is 0 Å². The predicted molar refractivity (Wildman–Crippen MR) is 81.3 cm³/mol. The van der Waals surface area contributed by atoms with Gasteiger partial charge in [-0.2, -0.15) is 4.98 Å². The van der Waals surface area contributed by atoms with E-state index in [2.05, 4.69) is 31.0 Å². The van der Waals surface area contributed by atoms with Crippen molar-refractivity contribution in [1.29, 1.82) is 0 Å². The van der Waals surface area contributed by atoms with Crippen LogP contribution in [0.3, 0.4) is 0 Å². The molecule has 0 spiro atoms. The zero-order valence-corrected chi connectivity index (χ0v) is 13.9. The molecule has 0 unspecified atom stereocenters. The topological polar surface area (TPSA) is 75.6 Å². The number of hydrogen-bond acceptors (Lipinski definition) is 6. The average molecular weight is 369 g/mol. The van der Waals surface area contributed by atoms with Crippen LogP contribution in [0.25, 0.3) is 0 Å². The van der Waals surface area contributed by atoms with E-state index in [1.54, 1.807) is 17.0 Å². The molecule has 0 bridgehead atoms. The molecule has 1 fully saturated rings. The summed E-state index contributed by atoms with van der Waals surface area (Å²) < 4.78 is 11.0. The normalized spacial score (nSPS) is 16.2. The van der Waals surface area contributed by atoms with Crippen LogP contribution in [0.15, 0.2) is 25.7 Å². The summed E-state index contributed by atoms with van der Waals surface area (Å²) in [6.45, 7) is 5.52. The predicted octanol–water partition coefficient (Wildman–Crippen LogP) is 1.95. The molecule has 0 atom stereocenters. The monoisotopic (exact) mass is 368 g/mol. The molecular weight excluding hydrogens is 352 g/mol. The van der Waals surface area contributed by atoms with E-state index in [1.807, 2.05) is 6.92 Å². The molecule has 7 nitrogen and oxygen atoms in total. The SMILES string of the molecule is CCc1nc(CN2CCN(C(=O)c3ccc(Br)o3)CC2)no1. The van der Waals surface area contributed by atoms with E-state index in [9.17, 15) is 4.79 Å². The Labute approximate surface area is 136 Å². The Bertz CT molecular complexity index is 646. The number of rotatable bonds is 4. The van der Waals surface area contributed by atoms with Crippen LogP contribution in [0, 0.1) is 0 Å². The first-order chi connectivity index (χ1) is 10.7. The number of piperazine rings is 1. The standard InChI is InChI=1S/C14H17BrN4O3/c1-2-13-16-12(17-22-13)9-18-5-7-19(8-6-18)14(20)10-3-4-11(15)21-10/h3-4H,2,5-9H2,1H3. The lowest BCUT2D eigenvalue weighted by Gasteiger charge is -2.33. The Balaban J connectivity index is 1.52. The van der Waals surface area contributed by atoms with Crippen LogP contribution in [0.2, 0.25) is 0 Å². The highest BCUT2D eigenvalue weighted by Crippen LogP contribution is 2.17. The summed E-state index contributed by atoms with van der Waals surface area (Å²) in [6.07, 6.45) is 0.744. The number of aromatic nitrogens is 2. The lowest BCUT2D eigenvalue weighted by atomic mass is 10.3. The Morgan fingerprint density at radius 1 is 1.32 bits per heavy atom. The summed E-state index contributed by atoms with van der Waals surface area (Å²) in [4.78, 5) is 20.6. The molecule has 0 aliphatic carbocycles. The van der Waals surface area contributed by atoms with Crippen LogP contribution in [-0.2, 0) is 13.0 Å². The molecule has 0 aromatic carbocycles. The van der Waals surface area contributed by atoms with Crippen molar-refractivity contribution < 1.29 is 13.7 Å². The third-order valence-corrected chi connectivity index (χ3v) is 4.05. The van der Waals surface area contributed by atoms with E-state index >= 15 is 0 Å². The molecule has 0 saturated carbocycles. The van der Waals surface area contributed by atoms with Gasteiger partial charge in [0.05, 0.1) is 6.54 Å². The largest absolute Gasteiger partial charge is 0.444 e. The maximum atomic E-state index is 12.3. The van der Waals surface area contributed by atoms with Gasteiger partial charge in [0.15, 0.2) is 16.3 Å². The van der Waals surface area contributed by atoms with Crippen molar-refractivity contribution in [3.8, 4) is 0 Å². The Kier molecular flexibility index (Phi) is 4.58. The van der Waals surface area contributed by atoms with Gasteiger partial charge in [0.2, 0.25) is 5.89 Å². The summed E-state index contributed by atoms with van der Waals surface area (Å²) in [5.41, 5.74) is 0. The fourth-order valence-corrected chi connectivity index (χ4v) is 2.70. The van der Waals surface area contributed by atoms with Gasteiger partial charge < -0.3 is 13.8 Å². The molecule has 1 saturated heterocycles. The minimum atomic E-state index is -0.0711. The summed E-state index contributed by atoms with van der Waals surface area (Å²) in [5.74, 6) is 1.66. The van der Waals surface area contributed by atoms with Gasteiger partial charge in [-0.1, -0.05) is 12.1 Å². The minimum Gasteiger partial charge on any atom is -0.444 e. The first-order valence-electron chi connectivity index (χ1n) is 7.24. The van der Waals surface area contributed by atoms with E-state index in [1.165, 1.54) is 0 Å². The van der Waals surface area contributed by atoms with Crippen LogP contribution in [0.1, 0.15) is 29.2 Å². The van der Waals surface area contributed by atoms with Gasteiger partial charge >= 0.3 is 0 Å². The van der Waals surface area contributed by atoms with E-state index in [0.717, 1.165) is 19.5 Å². The van der Waals surface area contributed by atoms with Crippen LogP contribution >= 0.6 is 15.9 Å². The maximum absolute atomic E-state index is 12.3. The highest BCUT2D eigenvalue weighted by atomic mass is 79.9. The van der Waals surface area contributed by atoms with Crippen molar-refractivity contribution in [2.75, 3.05) is 26.2 Å². The highest BCUT2D eigenvalue weighted by Gasteiger charge is 2.24. The first-order valence-corrected chi connectivity index (χ1v) is 8.03. The zero-order chi connectivity index (χ0) is 15.5. The Hall–Kier alpha value is -1.67. The van der Waals surface area contributed by atoms with Gasteiger partial charge in [0.25, 0.3) is 5.91 Å². The first kappa shape index (κ1) is 15.2. The number of aryl methyl sites for hydroxylation is 1. The third kappa shape index (κ3) is 3.38. The third-order valence-electron chi connectivity index (χ3n) is 3.62. The molecule has 3 rings (SSSR count).